The first-order valence-corrected chi connectivity index (χ1v) is 7.52. The van der Waals surface area contributed by atoms with E-state index in [-0.39, 0.29) is 36.7 Å². The summed E-state index contributed by atoms with van der Waals surface area (Å²) < 4.78 is 0. The zero-order valence-electron chi connectivity index (χ0n) is 14.7. The molecule has 0 spiro atoms. The molecule has 0 amide bonds. The van der Waals surface area contributed by atoms with E-state index in [0.717, 1.165) is 13.0 Å². The van der Waals surface area contributed by atoms with Crippen molar-refractivity contribution in [2.75, 3.05) is 11.9 Å². The number of anilines is 1. The molecule has 4 nitrogen and oxygen atoms in total. The van der Waals surface area contributed by atoms with Crippen LogP contribution in [0.4, 0.5) is 5.95 Å². The second-order valence-corrected chi connectivity index (χ2v) is 5.29. The van der Waals surface area contributed by atoms with Crippen molar-refractivity contribution in [1.29, 1.82) is 0 Å². The fraction of sp³-hybridized carbons (Fsp3) is 0.412. The summed E-state index contributed by atoms with van der Waals surface area (Å²) in [5.74, 6) is 1.15. The smallest absolute Gasteiger partial charge is 1.00 e. The Balaban J connectivity index is 0.00000242. The molecule has 1 atom stereocenters. The van der Waals surface area contributed by atoms with E-state index in [9.17, 15) is 5.11 Å². The molecule has 0 aliphatic carbocycles. The number of hydrogen-bond acceptors (Lipinski definition) is 4. The van der Waals surface area contributed by atoms with E-state index in [4.69, 9.17) is 0 Å². The SMILES string of the molecule is CCCCC(CNc1ncc(O)c(C)n1)c1ccccc1.[H-].[Na+]. The topological polar surface area (TPSA) is 58.0 Å². The number of nitrogens with zero attached hydrogens (tertiary/aromatic N) is 2. The van der Waals surface area contributed by atoms with Crippen LogP contribution in [0.5, 0.6) is 5.75 Å². The van der Waals surface area contributed by atoms with Crippen molar-refractivity contribution in [3.8, 4) is 5.75 Å². The molecule has 2 aromatic rings. The summed E-state index contributed by atoms with van der Waals surface area (Å²) in [7, 11) is 0. The largest absolute Gasteiger partial charge is 1.00 e. The molecule has 0 saturated heterocycles. The fourth-order valence-corrected chi connectivity index (χ4v) is 2.32. The van der Waals surface area contributed by atoms with Crippen molar-refractivity contribution in [3.05, 3.63) is 47.8 Å². The molecule has 2 rings (SSSR count). The van der Waals surface area contributed by atoms with Crippen molar-refractivity contribution < 1.29 is 36.1 Å². The van der Waals surface area contributed by atoms with Gasteiger partial charge in [-0.25, -0.2) is 9.97 Å². The normalized spacial score (nSPS) is 11.5. The maximum atomic E-state index is 9.46. The van der Waals surface area contributed by atoms with E-state index >= 15 is 0 Å². The van der Waals surface area contributed by atoms with E-state index in [0.29, 0.717) is 17.6 Å². The molecular formula is C17H24N3NaO. The Morgan fingerprint density at radius 1 is 1.27 bits per heavy atom. The summed E-state index contributed by atoms with van der Waals surface area (Å²) in [6.07, 6.45) is 4.98. The van der Waals surface area contributed by atoms with Gasteiger partial charge in [-0.05, 0) is 18.9 Å². The van der Waals surface area contributed by atoms with Gasteiger partial charge in [-0.3, -0.25) is 0 Å². The first-order chi connectivity index (χ1) is 10.2. The number of nitrogens with one attached hydrogen (secondary N) is 1. The van der Waals surface area contributed by atoms with Crippen LogP contribution >= 0.6 is 0 Å². The first-order valence-electron chi connectivity index (χ1n) is 7.52. The van der Waals surface area contributed by atoms with Gasteiger partial charge in [-0.15, -0.1) is 0 Å². The molecule has 0 radical (unpaired) electrons. The molecule has 1 aromatic carbocycles. The number of rotatable bonds is 7. The predicted octanol–water partition coefficient (Wildman–Crippen LogP) is 0.993. The minimum atomic E-state index is 0. The van der Waals surface area contributed by atoms with Crippen LogP contribution in [0.3, 0.4) is 0 Å². The monoisotopic (exact) mass is 309 g/mol. The van der Waals surface area contributed by atoms with Crippen molar-refractivity contribution in [2.24, 2.45) is 0 Å². The van der Waals surface area contributed by atoms with Gasteiger partial charge in [0.1, 0.15) is 0 Å². The van der Waals surface area contributed by atoms with Crippen LogP contribution in [0.2, 0.25) is 0 Å². The third-order valence-electron chi connectivity index (χ3n) is 3.64. The summed E-state index contributed by atoms with van der Waals surface area (Å²) in [5, 5.41) is 12.7. The second-order valence-electron chi connectivity index (χ2n) is 5.29. The quantitative estimate of drug-likeness (QED) is 0.749. The molecule has 0 aliphatic heterocycles. The van der Waals surface area contributed by atoms with Gasteiger partial charge in [0.05, 0.1) is 11.9 Å². The van der Waals surface area contributed by atoms with Crippen LogP contribution < -0.4 is 34.9 Å². The fourth-order valence-electron chi connectivity index (χ4n) is 2.32. The first kappa shape index (κ1) is 18.9. The van der Waals surface area contributed by atoms with E-state index in [1.54, 1.807) is 6.92 Å². The number of aryl methyl sites for hydroxylation is 1. The Bertz CT molecular complexity index is 569. The Morgan fingerprint density at radius 2 is 2.00 bits per heavy atom. The van der Waals surface area contributed by atoms with Crippen LogP contribution in [-0.4, -0.2) is 21.6 Å². The average molecular weight is 309 g/mol. The average Bonchev–Trinajstić information content (AvgIpc) is 2.51. The van der Waals surface area contributed by atoms with Crippen molar-refractivity contribution in [3.63, 3.8) is 0 Å². The summed E-state index contributed by atoms with van der Waals surface area (Å²) in [4.78, 5) is 8.36. The van der Waals surface area contributed by atoms with Gasteiger partial charge in [0.15, 0.2) is 5.75 Å². The Kier molecular flexibility index (Phi) is 8.46. The number of hydrogen-bond donors (Lipinski definition) is 2. The maximum Gasteiger partial charge on any atom is 1.00 e. The maximum absolute atomic E-state index is 9.46. The summed E-state index contributed by atoms with van der Waals surface area (Å²) >= 11 is 0. The summed E-state index contributed by atoms with van der Waals surface area (Å²) in [6, 6.07) is 10.5. The Labute approximate surface area is 156 Å². The zero-order chi connectivity index (χ0) is 15.1. The second kappa shape index (κ2) is 9.82. The third-order valence-corrected chi connectivity index (χ3v) is 3.64. The van der Waals surface area contributed by atoms with Crippen LogP contribution in [0.25, 0.3) is 0 Å². The molecule has 22 heavy (non-hydrogen) atoms. The number of aromatic nitrogens is 2. The van der Waals surface area contributed by atoms with E-state index in [1.165, 1.54) is 24.6 Å². The standard InChI is InChI=1S/C17H23N3O.Na.H/c1-3-4-8-15(14-9-6-5-7-10-14)11-18-17-19-12-16(21)13(2)20-17;;/h5-7,9-10,12,15,21H,3-4,8,11H2,1-2H3,(H,18,19,20);;/q;+1;-1. The van der Waals surface area contributed by atoms with Gasteiger partial charge in [0.2, 0.25) is 5.95 Å². The van der Waals surface area contributed by atoms with Gasteiger partial charge in [-0.1, -0.05) is 50.1 Å². The van der Waals surface area contributed by atoms with Crippen molar-refractivity contribution in [2.45, 2.75) is 39.0 Å². The molecule has 5 heteroatoms. The van der Waals surface area contributed by atoms with Crippen LogP contribution in [0, 0.1) is 6.92 Å². The molecule has 0 fully saturated rings. The van der Waals surface area contributed by atoms with Crippen molar-refractivity contribution in [1.82, 2.24) is 9.97 Å². The van der Waals surface area contributed by atoms with Gasteiger partial charge in [-0.2, -0.15) is 0 Å². The molecule has 0 saturated carbocycles. The summed E-state index contributed by atoms with van der Waals surface area (Å²) in [6.45, 7) is 4.78. The predicted molar refractivity (Wildman–Crippen MR) is 86.7 cm³/mol. The van der Waals surface area contributed by atoms with Crippen LogP contribution in [0.15, 0.2) is 36.5 Å². The van der Waals surface area contributed by atoms with Gasteiger partial charge in [0.25, 0.3) is 0 Å². The number of unbranched alkanes of at least 4 members (excludes halogenated alkanes) is 1. The third kappa shape index (κ3) is 5.59. The molecule has 1 unspecified atom stereocenters. The van der Waals surface area contributed by atoms with E-state index in [1.807, 2.05) is 6.07 Å². The number of benzene rings is 1. The minimum Gasteiger partial charge on any atom is -1.00 e. The summed E-state index contributed by atoms with van der Waals surface area (Å²) in [5.41, 5.74) is 1.94. The molecule has 0 aliphatic rings. The molecule has 2 N–H and O–H groups in total. The number of aromatic hydroxyl groups is 1. The van der Waals surface area contributed by atoms with Crippen LogP contribution in [-0.2, 0) is 0 Å². The minimum absolute atomic E-state index is 0. The van der Waals surface area contributed by atoms with Gasteiger partial charge in [0, 0.05) is 12.5 Å². The van der Waals surface area contributed by atoms with Gasteiger partial charge < -0.3 is 11.8 Å². The van der Waals surface area contributed by atoms with E-state index in [2.05, 4.69) is 46.5 Å². The van der Waals surface area contributed by atoms with E-state index < -0.39 is 0 Å². The van der Waals surface area contributed by atoms with Crippen LogP contribution in [0.1, 0.15) is 44.8 Å². The molecule has 1 heterocycles. The van der Waals surface area contributed by atoms with Crippen molar-refractivity contribution >= 4 is 5.95 Å². The molecule has 1 aromatic heterocycles. The Morgan fingerprint density at radius 3 is 2.64 bits per heavy atom. The molecule has 0 bridgehead atoms. The van der Waals surface area contributed by atoms with Gasteiger partial charge >= 0.3 is 29.6 Å². The molecular weight excluding hydrogens is 285 g/mol. The Hall–Kier alpha value is -1.10. The zero-order valence-corrected chi connectivity index (χ0v) is 15.7. The molecule has 114 valence electrons.